The Labute approximate surface area is 124 Å². The quantitative estimate of drug-likeness (QED) is 0.866. The summed E-state index contributed by atoms with van der Waals surface area (Å²) in [6.07, 6.45) is -2.91. The van der Waals surface area contributed by atoms with Crippen LogP contribution in [-0.4, -0.2) is 24.9 Å². The standard InChI is InChI=1S/C15H11F3N2O2/c1-21-14-12(3-2-6-20-14)10-4-5-13(11(7-10)8-19)22-9-15(16,17)18/h2-7H,9H2,1H3. The maximum absolute atomic E-state index is 12.2. The molecule has 1 aromatic carbocycles. The average Bonchev–Trinajstić information content (AvgIpc) is 2.52. The topological polar surface area (TPSA) is 55.1 Å². The zero-order valence-electron chi connectivity index (χ0n) is 11.5. The largest absolute Gasteiger partial charge is 0.483 e. The Morgan fingerprint density at radius 3 is 2.68 bits per heavy atom. The zero-order chi connectivity index (χ0) is 16.2. The van der Waals surface area contributed by atoms with Gasteiger partial charge in [0, 0.05) is 11.8 Å². The van der Waals surface area contributed by atoms with E-state index in [-0.39, 0.29) is 11.3 Å². The highest BCUT2D eigenvalue weighted by Gasteiger charge is 2.28. The Kier molecular flexibility index (Phi) is 4.51. The minimum absolute atomic E-state index is 0.00709. The van der Waals surface area contributed by atoms with E-state index >= 15 is 0 Å². The van der Waals surface area contributed by atoms with Gasteiger partial charge in [-0.3, -0.25) is 0 Å². The first-order valence-corrected chi connectivity index (χ1v) is 6.17. The molecule has 0 saturated carbocycles. The van der Waals surface area contributed by atoms with E-state index in [2.05, 4.69) is 9.72 Å². The lowest BCUT2D eigenvalue weighted by molar-refractivity contribution is -0.153. The van der Waals surface area contributed by atoms with E-state index in [4.69, 9.17) is 10.00 Å². The fraction of sp³-hybridized carbons (Fsp3) is 0.200. The SMILES string of the molecule is COc1ncccc1-c1ccc(OCC(F)(F)F)c(C#N)c1. The van der Waals surface area contributed by atoms with Gasteiger partial charge in [-0.05, 0) is 29.8 Å². The summed E-state index contributed by atoms with van der Waals surface area (Å²) in [4.78, 5) is 4.03. The van der Waals surface area contributed by atoms with Gasteiger partial charge in [-0.2, -0.15) is 18.4 Å². The van der Waals surface area contributed by atoms with Crippen molar-refractivity contribution in [3.63, 3.8) is 0 Å². The van der Waals surface area contributed by atoms with E-state index in [9.17, 15) is 13.2 Å². The molecule has 2 rings (SSSR count). The van der Waals surface area contributed by atoms with Crippen molar-refractivity contribution in [3.05, 3.63) is 42.1 Å². The fourth-order valence-electron chi connectivity index (χ4n) is 1.84. The van der Waals surface area contributed by atoms with Crippen LogP contribution in [0.15, 0.2) is 36.5 Å². The Balaban J connectivity index is 2.35. The van der Waals surface area contributed by atoms with Gasteiger partial charge in [-0.15, -0.1) is 0 Å². The van der Waals surface area contributed by atoms with E-state index in [1.54, 1.807) is 24.4 Å². The molecule has 0 spiro atoms. The molecule has 22 heavy (non-hydrogen) atoms. The predicted molar refractivity (Wildman–Crippen MR) is 72.5 cm³/mol. The summed E-state index contributed by atoms with van der Waals surface area (Å²) in [6.45, 7) is -1.45. The van der Waals surface area contributed by atoms with Gasteiger partial charge in [0.05, 0.1) is 12.7 Å². The Bertz CT molecular complexity index is 709. The Morgan fingerprint density at radius 1 is 1.27 bits per heavy atom. The molecule has 0 bridgehead atoms. The van der Waals surface area contributed by atoms with Crippen molar-refractivity contribution < 1.29 is 22.6 Å². The highest BCUT2D eigenvalue weighted by molar-refractivity contribution is 5.71. The number of ether oxygens (including phenoxy) is 2. The smallest absolute Gasteiger partial charge is 0.422 e. The van der Waals surface area contributed by atoms with Crippen LogP contribution >= 0.6 is 0 Å². The predicted octanol–water partition coefficient (Wildman–Crippen LogP) is 3.57. The second kappa shape index (κ2) is 6.35. The first-order chi connectivity index (χ1) is 10.4. The van der Waals surface area contributed by atoms with Gasteiger partial charge >= 0.3 is 6.18 Å². The maximum Gasteiger partial charge on any atom is 0.422 e. The summed E-state index contributed by atoms with van der Waals surface area (Å²) in [5, 5.41) is 9.09. The lowest BCUT2D eigenvalue weighted by Gasteiger charge is -2.12. The molecule has 0 aliphatic rings. The van der Waals surface area contributed by atoms with Gasteiger partial charge in [-0.25, -0.2) is 4.98 Å². The molecule has 0 unspecified atom stereocenters. The Hall–Kier alpha value is -2.75. The van der Waals surface area contributed by atoms with Gasteiger partial charge in [-0.1, -0.05) is 6.07 Å². The number of rotatable bonds is 4. The molecular weight excluding hydrogens is 297 g/mol. The summed E-state index contributed by atoms with van der Waals surface area (Å²) >= 11 is 0. The third-order valence-electron chi connectivity index (χ3n) is 2.77. The second-order valence-electron chi connectivity index (χ2n) is 4.29. The summed E-state index contributed by atoms with van der Waals surface area (Å²) in [7, 11) is 1.46. The lowest BCUT2D eigenvalue weighted by atomic mass is 10.0. The number of hydrogen-bond acceptors (Lipinski definition) is 4. The molecule has 0 aliphatic carbocycles. The number of halogens is 3. The lowest BCUT2D eigenvalue weighted by Crippen LogP contribution is -2.19. The summed E-state index contributed by atoms with van der Waals surface area (Å²) in [5.74, 6) is 0.238. The van der Waals surface area contributed by atoms with Crippen LogP contribution < -0.4 is 9.47 Å². The average molecular weight is 308 g/mol. The van der Waals surface area contributed by atoms with E-state index in [0.717, 1.165) is 0 Å². The number of nitriles is 1. The van der Waals surface area contributed by atoms with Crippen LogP contribution in [-0.2, 0) is 0 Å². The molecule has 0 fully saturated rings. The molecule has 0 N–H and O–H groups in total. The first-order valence-electron chi connectivity index (χ1n) is 6.17. The summed E-state index contributed by atoms with van der Waals surface area (Å²) < 4.78 is 46.3. The molecule has 1 aromatic heterocycles. The van der Waals surface area contributed by atoms with Crippen LogP contribution in [0.1, 0.15) is 5.56 Å². The fourth-order valence-corrected chi connectivity index (χ4v) is 1.84. The molecule has 2 aromatic rings. The molecule has 0 saturated heterocycles. The summed E-state index contributed by atoms with van der Waals surface area (Å²) in [5.41, 5.74) is 1.23. The van der Waals surface area contributed by atoms with E-state index < -0.39 is 12.8 Å². The van der Waals surface area contributed by atoms with Crippen LogP contribution in [0.3, 0.4) is 0 Å². The van der Waals surface area contributed by atoms with E-state index in [1.807, 2.05) is 6.07 Å². The minimum Gasteiger partial charge on any atom is -0.483 e. The third-order valence-corrected chi connectivity index (χ3v) is 2.77. The van der Waals surface area contributed by atoms with Crippen molar-refractivity contribution in [3.8, 4) is 28.8 Å². The van der Waals surface area contributed by atoms with Crippen molar-refractivity contribution in [1.29, 1.82) is 5.26 Å². The van der Waals surface area contributed by atoms with Gasteiger partial charge < -0.3 is 9.47 Å². The van der Waals surface area contributed by atoms with Crippen molar-refractivity contribution in [2.75, 3.05) is 13.7 Å². The van der Waals surface area contributed by atoms with E-state index in [0.29, 0.717) is 17.0 Å². The number of aromatic nitrogens is 1. The molecule has 4 nitrogen and oxygen atoms in total. The number of pyridine rings is 1. The van der Waals surface area contributed by atoms with Crippen LogP contribution in [0.25, 0.3) is 11.1 Å². The van der Waals surface area contributed by atoms with Crippen molar-refractivity contribution >= 4 is 0 Å². The van der Waals surface area contributed by atoms with Crippen molar-refractivity contribution in [2.45, 2.75) is 6.18 Å². The van der Waals surface area contributed by atoms with Crippen LogP contribution in [0.4, 0.5) is 13.2 Å². The summed E-state index contributed by atoms with van der Waals surface area (Å²) in [6, 6.07) is 9.56. The maximum atomic E-state index is 12.2. The van der Waals surface area contributed by atoms with Crippen LogP contribution in [0.2, 0.25) is 0 Å². The third kappa shape index (κ3) is 3.67. The van der Waals surface area contributed by atoms with Crippen molar-refractivity contribution in [2.24, 2.45) is 0 Å². The molecule has 0 atom stereocenters. The van der Waals surface area contributed by atoms with Crippen LogP contribution in [0.5, 0.6) is 11.6 Å². The minimum atomic E-state index is -4.46. The Morgan fingerprint density at radius 2 is 2.05 bits per heavy atom. The molecule has 1 heterocycles. The van der Waals surface area contributed by atoms with E-state index in [1.165, 1.54) is 19.2 Å². The number of alkyl halides is 3. The molecule has 114 valence electrons. The van der Waals surface area contributed by atoms with Gasteiger partial charge in [0.15, 0.2) is 6.61 Å². The molecule has 0 radical (unpaired) electrons. The van der Waals surface area contributed by atoms with Crippen molar-refractivity contribution in [1.82, 2.24) is 4.98 Å². The molecular formula is C15H11F3N2O2. The number of nitrogens with zero attached hydrogens (tertiary/aromatic N) is 2. The highest BCUT2D eigenvalue weighted by atomic mass is 19.4. The number of benzene rings is 1. The van der Waals surface area contributed by atoms with Gasteiger partial charge in [0.25, 0.3) is 0 Å². The number of hydrogen-bond donors (Lipinski definition) is 0. The first kappa shape index (κ1) is 15.6. The molecule has 7 heteroatoms. The molecule has 0 amide bonds. The zero-order valence-corrected chi connectivity index (χ0v) is 11.5. The second-order valence-corrected chi connectivity index (χ2v) is 4.29. The molecule has 0 aliphatic heterocycles. The van der Waals surface area contributed by atoms with Gasteiger partial charge in [0.1, 0.15) is 11.8 Å². The normalized spacial score (nSPS) is 10.9. The van der Waals surface area contributed by atoms with Gasteiger partial charge in [0.2, 0.25) is 5.88 Å². The monoisotopic (exact) mass is 308 g/mol. The number of methoxy groups -OCH3 is 1. The van der Waals surface area contributed by atoms with Crippen LogP contribution in [0, 0.1) is 11.3 Å². The highest BCUT2D eigenvalue weighted by Crippen LogP contribution is 2.31.